The fourth-order valence-electron chi connectivity index (χ4n) is 2.79. The average molecular weight is 303 g/mol. The van der Waals surface area contributed by atoms with E-state index in [0.717, 1.165) is 25.7 Å². The van der Waals surface area contributed by atoms with Crippen LogP contribution in [0.15, 0.2) is 0 Å². The number of piperazine rings is 1. The van der Waals surface area contributed by atoms with Crippen molar-refractivity contribution in [3.05, 3.63) is 0 Å². The van der Waals surface area contributed by atoms with Gasteiger partial charge in [-0.1, -0.05) is 12.8 Å². The summed E-state index contributed by atoms with van der Waals surface area (Å²) < 4.78 is 28.4. The predicted octanol–water partition coefficient (Wildman–Crippen LogP) is -0.339. The van der Waals surface area contributed by atoms with E-state index in [-0.39, 0.29) is 5.84 Å². The van der Waals surface area contributed by atoms with Crippen LogP contribution in [0.25, 0.3) is 0 Å². The highest BCUT2D eigenvalue weighted by molar-refractivity contribution is 7.86. The van der Waals surface area contributed by atoms with Gasteiger partial charge in [0.2, 0.25) is 0 Å². The number of hydrogen-bond donors (Lipinski definition) is 2. The maximum Gasteiger partial charge on any atom is 0.282 e. The maximum atomic E-state index is 12.6. The van der Waals surface area contributed by atoms with Gasteiger partial charge in [0.25, 0.3) is 10.2 Å². The molecule has 20 heavy (non-hydrogen) atoms. The van der Waals surface area contributed by atoms with Crippen LogP contribution in [-0.4, -0.2) is 73.6 Å². The Balaban J connectivity index is 1.92. The van der Waals surface area contributed by atoms with Crippen LogP contribution >= 0.6 is 0 Å². The van der Waals surface area contributed by atoms with Gasteiger partial charge in [0.05, 0.1) is 6.54 Å². The van der Waals surface area contributed by atoms with Crippen molar-refractivity contribution in [2.24, 2.45) is 5.73 Å². The monoisotopic (exact) mass is 303 g/mol. The molecule has 0 aromatic heterocycles. The highest BCUT2D eigenvalue weighted by Crippen LogP contribution is 2.17. The van der Waals surface area contributed by atoms with E-state index >= 15 is 0 Å². The summed E-state index contributed by atoms with van der Waals surface area (Å²) in [4.78, 5) is 2.02. The summed E-state index contributed by atoms with van der Waals surface area (Å²) in [6, 6.07) is 0. The van der Waals surface area contributed by atoms with Crippen molar-refractivity contribution in [1.29, 1.82) is 5.41 Å². The SMILES string of the molecule is N=C(N)CN1CCN(S(=O)(=O)N2CCCCCC2)CC1. The summed E-state index contributed by atoms with van der Waals surface area (Å²) >= 11 is 0. The molecule has 0 aromatic rings. The predicted molar refractivity (Wildman–Crippen MR) is 78.9 cm³/mol. The van der Waals surface area contributed by atoms with E-state index in [4.69, 9.17) is 11.1 Å². The molecule has 2 fully saturated rings. The zero-order chi connectivity index (χ0) is 14.6. The molecule has 3 N–H and O–H groups in total. The second-order valence-corrected chi connectivity index (χ2v) is 7.45. The first-order valence-electron chi connectivity index (χ1n) is 7.30. The van der Waals surface area contributed by atoms with Gasteiger partial charge in [0.15, 0.2) is 0 Å². The van der Waals surface area contributed by atoms with Gasteiger partial charge < -0.3 is 5.73 Å². The lowest BCUT2D eigenvalue weighted by Gasteiger charge is -2.36. The van der Waals surface area contributed by atoms with Crippen molar-refractivity contribution < 1.29 is 8.42 Å². The van der Waals surface area contributed by atoms with E-state index in [2.05, 4.69) is 0 Å². The molecule has 2 heterocycles. The number of rotatable bonds is 4. The van der Waals surface area contributed by atoms with E-state index in [1.54, 1.807) is 8.61 Å². The number of nitrogens with zero attached hydrogens (tertiary/aromatic N) is 3. The topological polar surface area (TPSA) is 93.7 Å². The number of amidine groups is 1. The minimum atomic E-state index is -3.31. The average Bonchev–Trinajstić information content (AvgIpc) is 2.68. The zero-order valence-electron chi connectivity index (χ0n) is 11.9. The van der Waals surface area contributed by atoms with Crippen LogP contribution in [0, 0.1) is 5.41 Å². The van der Waals surface area contributed by atoms with E-state index in [1.807, 2.05) is 4.90 Å². The van der Waals surface area contributed by atoms with Gasteiger partial charge in [-0.05, 0) is 12.8 Å². The summed E-state index contributed by atoms with van der Waals surface area (Å²) in [5, 5.41) is 7.28. The highest BCUT2D eigenvalue weighted by atomic mass is 32.2. The largest absolute Gasteiger partial charge is 0.387 e. The van der Waals surface area contributed by atoms with Crippen LogP contribution in [0.3, 0.4) is 0 Å². The Morgan fingerprint density at radius 1 is 0.900 bits per heavy atom. The lowest BCUT2D eigenvalue weighted by molar-refractivity contribution is 0.199. The summed E-state index contributed by atoms with van der Waals surface area (Å²) in [5.74, 6) is 0.133. The van der Waals surface area contributed by atoms with Crippen molar-refractivity contribution >= 4 is 16.0 Å². The third-order valence-corrected chi connectivity index (χ3v) is 5.98. The molecule has 7 nitrogen and oxygen atoms in total. The second-order valence-electron chi connectivity index (χ2n) is 5.52. The summed E-state index contributed by atoms with van der Waals surface area (Å²) in [6.07, 6.45) is 4.17. The van der Waals surface area contributed by atoms with Crippen LogP contribution in [0.1, 0.15) is 25.7 Å². The van der Waals surface area contributed by atoms with Crippen molar-refractivity contribution in [3.8, 4) is 0 Å². The van der Waals surface area contributed by atoms with E-state index in [1.165, 1.54) is 0 Å². The van der Waals surface area contributed by atoms with Crippen LogP contribution in [0.5, 0.6) is 0 Å². The number of hydrogen-bond acceptors (Lipinski definition) is 4. The second kappa shape index (κ2) is 6.84. The van der Waals surface area contributed by atoms with E-state index in [9.17, 15) is 8.42 Å². The molecule has 0 bridgehead atoms. The van der Waals surface area contributed by atoms with Gasteiger partial charge in [-0.3, -0.25) is 10.3 Å². The standard InChI is InChI=1S/C12H25N5O2S/c13-12(14)11-15-7-9-17(10-8-15)20(18,19)16-5-3-1-2-4-6-16/h1-11H2,(H3,13,14). The first kappa shape index (κ1) is 15.7. The summed E-state index contributed by atoms with van der Waals surface area (Å²) in [5.41, 5.74) is 5.38. The quantitative estimate of drug-likeness (QED) is 0.549. The minimum absolute atomic E-state index is 0.133. The molecular formula is C12H25N5O2S. The van der Waals surface area contributed by atoms with Crippen LogP contribution in [0.4, 0.5) is 0 Å². The third kappa shape index (κ3) is 3.91. The molecule has 0 atom stereocenters. The Labute approximate surface area is 121 Å². The first-order chi connectivity index (χ1) is 9.50. The number of nitrogens with one attached hydrogen (secondary N) is 1. The molecule has 2 aliphatic heterocycles. The molecular weight excluding hydrogens is 278 g/mol. The molecule has 0 radical (unpaired) electrons. The Bertz CT molecular complexity index is 423. The van der Waals surface area contributed by atoms with Gasteiger partial charge in [0, 0.05) is 39.3 Å². The van der Waals surface area contributed by atoms with Crippen molar-refractivity contribution in [3.63, 3.8) is 0 Å². The van der Waals surface area contributed by atoms with Gasteiger partial charge in [-0.15, -0.1) is 0 Å². The van der Waals surface area contributed by atoms with Crippen LogP contribution in [-0.2, 0) is 10.2 Å². The Morgan fingerprint density at radius 3 is 1.90 bits per heavy atom. The van der Waals surface area contributed by atoms with Gasteiger partial charge >= 0.3 is 0 Å². The molecule has 0 unspecified atom stereocenters. The molecule has 2 saturated heterocycles. The fraction of sp³-hybridized carbons (Fsp3) is 0.917. The highest BCUT2D eigenvalue weighted by Gasteiger charge is 2.32. The van der Waals surface area contributed by atoms with E-state index in [0.29, 0.717) is 45.8 Å². The van der Waals surface area contributed by atoms with Crippen LogP contribution < -0.4 is 5.73 Å². The molecule has 0 aliphatic carbocycles. The maximum absolute atomic E-state index is 12.6. The van der Waals surface area contributed by atoms with Gasteiger partial charge in [-0.2, -0.15) is 17.0 Å². The minimum Gasteiger partial charge on any atom is -0.387 e. The normalized spacial score (nSPS) is 24.4. The van der Waals surface area contributed by atoms with Gasteiger partial charge in [-0.25, -0.2) is 0 Å². The first-order valence-corrected chi connectivity index (χ1v) is 8.70. The zero-order valence-corrected chi connectivity index (χ0v) is 12.7. The van der Waals surface area contributed by atoms with Gasteiger partial charge in [0.1, 0.15) is 5.84 Å². The van der Waals surface area contributed by atoms with Crippen molar-refractivity contribution in [1.82, 2.24) is 13.5 Å². The molecule has 0 aromatic carbocycles. The lowest BCUT2D eigenvalue weighted by Crippen LogP contribution is -2.54. The summed E-state index contributed by atoms with van der Waals surface area (Å²) in [6.45, 7) is 4.00. The Hall–Kier alpha value is -0.700. The lowest BCUT2D eigenvalue weighted by atomic mass is 10.2. The summed E-state index contributed by atoms with van der Waals surface area (Å²) in [7, 11) is -3.31. The van der Waals surface area contributed by atoms with Crippen molar-refractivity contribution in [2.75, 3.05) is 45.8 Å². The van der Waals surface area contributed by atoms with Crippen molar-refractivity contribution in [2.45, 2.75) is 25.7 Å². The molecule has 0 amide bonds. The molecule has 2 rings (SSSR count). The molecule has 2 aliphatic rings. The third-order valence-electron chi connectivity index (χ3n) is 3.94. The number of nitrogens with two attached hydrogens (primary N) is 1. The molecule has 8 heteroatoms. The smallest absolute Gasteiger partial charge is 0.282 e. The molecule has 0 spiro atoms. The van der Waals surface area contributed by atoms with E-state index < -0.39 is 10.2 Å². The molecule has 0 saturated carbocycles. The fourth-order valence-corrected chi connectivity index (χ4v) is 4.47. The Morgan fingerprint density at radius 2 is 1.40 bits per heavy atom. The Kier molecular flexibility index (Phi) is 5.36. The molecule has 116 valence electrons. The van der Waals surface area contributed by atoms with Crippen LogP contribution in [0.2, 0.25) is 0 Å².